The largest absolute Gasteiger partial charge is 0.337 e. The predicted molar refractivity (Wildman–Crippen MR) is 66.5 cm³/mol. The first-order chi connectivity index (χ1) is 7.51. The van der Waals surface area contributed by atoms with Crippen molar-refractivity contribution >= 4 is 0 Å². The Balaban J connectivity index is 2.46. The molecule has 2 rings (SSSR count). The average molecular weight is 214 g/mol. The van der Waals surface area contributed by atoms with Gasteiger partial charge in [0, 0.05) is 24.4 Å². The molecule has 1 aromatic carbocycles. The van der Waals surface area contributed by atoms with E-state index < -0.39 is 0 Å². The lowest BCUT2D eigenvalue weighted by atomic mass is 9.81. The monoisotopic (exact) mass is 214 g/mol. The van der Waals surface area contributed by atoms with Crippen LogP contribution in [-0.2, 0) is 12.5 Å². The second kappa shape index (κ2) is 3.78. The quantitative estimate of drug-likeness (QED) is 0.751. The van der Waals surface area contributed by atoms with E-state index in [0.717, 1.165) is 0 Å². The van der Waals surface area contributed by atoms with Crippen molar-refractivity contribution in [1.29, 1.82) is 0 Å². The molecule has 2 aromatic rings. The van der Waals surface area contributed by atoms with Gasteiger partial charge in [0.1, 0.15) is 0 Å². The molecule has 0 N–H and O–H groups in total. The zero-order valence-corrected chi connectivity index (χ0v) is 10.4. The summed E-state index contributed by atoms with van der Waals surface area (Å²) in [6.45, 7) is 6.57. The standard InChI is InChI=1S/C14H18N2/c1-11-5-7-12(8-6-11)14(2,3)13-9-15-10-16(13)4/h5-10H,1-4H3. The molecule has 0 saturated heterocycles. The van der Waals surface area contributed by atoms with Gasteiger partial charge in [-0.25, -0.2) is 4.98 Å². The molecule has 0 aliphatic heterocycles. The van der Waals surface area contributed by atoms with Crippen LogP contribution in [0.15, 0.2) is 36.8 Å². The van der Waals surface area contributed by atoms with Gasteiger partial charge in [0.25, 0.3) is 0 Å². The molecular weight excluding hydrogens is 196 g/mol. The highest BCUT2D eigenvalue weighted by Crippen LogP contribution is 2.30. The van der Waals surface area contributed by atoms with Crippen LogP contribution in [0.3, 0.4) is 0 Å². The molecule has 0 fully saturated rings. The van der Waals surface area contributed by atoms with Crippen LogP contribution in [0.1, 0.15) is 30.7 Å². The van der Waals surface area contributed by atoms with Crippen LogP contribution in [-0.4, -0.2) is 9.55 Å². The Hall–Kier alpha value is -1.57. The van der Waals surface area contributed by atoms with Crippen LogP contribution in [0.5, 0.6) is 0 Å². The summed E-state index contributed by atoms with van der Waals surface area (Å²) in [7, 11) is 2.04. The SMILES string of the molecule is Cc1ccc(C(C)(C)c2cncn2C)cc1. The number of aryl methyl sites for hydroxylation is 2. The third kappa shape index (κ3) is 1.75. The fraction of sp³-hybridized carbons (Fsp3) is 0.357. The fourth-order valence-electron chi connectivity index (χ4n) is 2.08. The van der Waals surface area contributed by atoms with Gasteiger partial charge in [-0.15, -0.1) is 0 Å². The summed E-state index contributed by atoms with van der Waals surface area (Å²) in [5.74, 6) is 0. The molecule has 0 atom stereocenters. The van der Waals surface area contributed by atoms with E-state index in [1.807, 2.05) is 19.6 Å². The first-order valence-corrected chi connectivity index (χ1v) is 5.56. The van der Waals surface area contributed by atoms with Crippen molar-refractivity contribution in [2.24, 2.45) is 7.05 Å². The molecule has 1 heterocycles. The van der Waals surface area contributed by atoms with Crippen molar-refractivity contribution in [2.45, 2.75) is 26.2 Å². The molecule has 0 aliphatic rings. The zero-order valence-electron chi connectivity index (χ0n) is 10.4. The minimum Gasteiger partial charge on any atom is -0.337 e. The molecule has 0 amide bonds. The van der Waals surface area contributed by atoms with Crippen molar-refractivity contribution in [2.75, 3.05) is 0 Å². The van der Waals surface area contributed by atoms with Gasteiger partial charge in [0.2, 0.25) is 0 Å². The Labute approximate surface area is 97.0 Å². The van der Waals surface area contributed by atoms with Crippen molar-refractivity contribution in [1.82, 2.24) is 9.55 Å². The van der Waals surface area contributed by atoms with E-state index in [-0.39, 0.29) is 5.41 Å². The predicted octanol–water partition coefficient (Wildman–Crippen LogP) is 3.05. The molecule has 1 aromatic heterocycles. The molecule has 84 valence electrons. The summed E-state index contributed by atoms with van der Waals surface area (Å²) in [4.78, 5) is 4.19. The van der Waals surface area contributed by atoms with E-state index in [9.17, 15) is 0 Å². The van der Waals surface area contributed by atoms with E-state index in [1.165, 1.54) is 16.8 Å². The minimum atomic E-state index is -0.00104. The molecule has 16 heavy (non-hydrogen) atoms. The van der Waals surface area contributed by atoms with Crippen molar-refractivity contribution in [3.63, 3.8) is 0 Å². The van der Waals surface area contributed by atoms with Gasteiger partial charge in [-0.05, 0) is 12.5 Å². The van der Waals surface area contributed by atoms with Gasteiger partial charge in [-0.2, -0.15) is 0 Å². The van der Waals surface area contributed by atoms with Crippen LogP contribution >= 0.6 is 0 Å². The van der Waals surface area contributed by atoms with Crippen molar-refractivity contribution in [3.05, 3.63) is 53.6 Å². The summed E-state index contributed by atoms with van der Waals surface area (Å²) in [5, 5.41) is 0. The number of rotatable bonds is 2. The van der Waals surface area contributed by atoms with Crippen LogP contribution in [0.25, 0.3) is 0 Å². The van der Waals surface area contributed by atoms with Gasteiger partial charge in [-0.1, -0.05) is 43.7 Å². The number of imidazole rings is 1. The maximum atomic E-state index is 4.19. The molecule has 0 saturated carbocycles. The van der Waals surface area contributed by atoms with Gasteiger partial charge >= 0.3 is 0 Å². The first-order valence-electron chi connectivity index (χ1n) is 5.56. The van der Waals surface area contributed by atoms with E-state index in [0.29, 0.717) is 0 Å². The first kappa shape index (κ1) is 10.9. The average Bonchev–Trinajstić information content (AvgIpc) is 2.66. The lowest BCUT2D eigenvalue weighted by molar-refractivity contribution is 0.585. The van der Waals surface area contributed by atoms with Crippen molar-refractivity contribution in [3.8, 4) is 0 Å². The van der Waals surface area contributed by atoms with Crippen LogP contribution in [0.4, 0.5) is 0 Å². The molecule has 0 aliphatic carbocycles. The smallest absolute Gasteiger partial charge is 0.0945 e. The molecule has 0 radical (unpaired) electrons. The van der Waals surface area contributed by atoms with Crippen molar-refractivity contribution < 1.29 is 0 Å². The zero-order chi connectivity index (χ0) is 11.8. The van der Waals surface area contributed by atoms with E-state index in [4.69, 9.17) is 0 Å². The number of hydrogen-bond acceptors (Lipinski definition) is 1. The molecule has 2 heteroatoms. The molecule has 0 bridgehead atoms. The second-order valence-corrected chi connectivity index (χ2v) is 4.88. The van der Waals surface area contributed by atoms with E-state index in [2.05, 4.69) is 54.6 Å². The Bertz CT molecular complexity index is 478. The minimum absolute atomic E-state index is 0.00104. The maximum Gasteiger partial charge on any atom is 0.0945 e. The summed E-state index contributed by atoms with van der Waals surface area (Å²) in [6, 6.07) is 8.71. The maximum absolute atomic E-state index is 4.19. The Morgan fingerprint density at radius 2 is 1.75 bits per heavy atom. The summed E-state index contributed by atoms with van der Waals surface area (Å²) >= 11 is 0. The highest BCUT2D eigenvalue weighted by molar-refractivity contribution is 5.34. The van der Waals surface area contributed by atoms with Gasteiger partial charge < -0.3 is 4.57 Å². The normalized spacial score (nSPS) is 11.8. The highest BCUT2D eigenvalue weighted by atomic mass is 15.0. The third-order valence-electron chi connectivity index (χ3n) is 3.23. The number of aromatic nitrogens is 2. The molecule has 2 nitrogen and oxygen atoms in total. The van der Waals surface area contributed by atoms with E-state index >= 15 is 0 Å². The summed E-state index contributed by atoms with van der Waals surface area (Å²) in [5.41, 5.74) is 3.85. The summed E-state index contributed by atoms with van der Waals surface area (Å²) in [6.07, 6.45) is 3.80. The molecular formula is C14H18N2. The van der Waals surface area contributed by atoms with Crippen LogP contribution in [0, 0.1) is 6.92 Å². The van der Waals surface area contributed by atoms with Gasteiger partial charge in [0.05, 0.1) is 6.33 Å². The Kier molecular flexibility index (Phi) is 2.58. The number of hydrogen-bond donors (Lipinski definition) is 0. The lowest BCUT2D eigenvalue weighted by Crippen LogP contribution is -2.22. The van der Waals surface area contributed by atoms with Crippen LogP contribution < -0.4 is 0 Å². The second-order valence-electron chi connectivity index (χ2n) is 4.88. The number of benzene rings is 1. The fourth-order valence-corrected chi connectivity index (χ4v) is 2.08. The number of nitrogens with zero attached hydrogens (tertiary/aromatic N) is 2. The molecule has 0 spiro atoms. The third-order valence-corrected chi connectivity index (χ3v) is 3.23. The van der Waals surface area contributed by atoms with Gasteiger partial charge in [0.15, 0.2) is 0 Å². The Morgan fingerprint density at radius 3 is 2.25 bits per heavy atom. The highest BCUT2D eigenvalue weighted by Gasteiger charge is 2.25. The lowest BCUT2D eigenvalue weighted by Gasteiger charge is -2.25. The topological polar surface area (TPSA) is 17.8 Å². The van der Waals surface area contributed by atoms with Gasteiger partial charge in [-0.3, -0.25) is 0 Å². The van der Waals surface area contributed by atoms with E-state index in [1.54, 1.807) is 0 Å². The molecule has 0 unspecified atom stereocenters. The summed E-state index contributed by atoms with van der Waals surface area (Å²) < 4.78 is 2.08. The Morgan fingerprint density at radius 1 is 1.12 bits per heavy atom. The van der Waals surface area contributed by atoms with Crippen LogP contribution in [0.2, 0.25) is 0 Å².